The second-order valence-corrected chi connectivity index (χ2v) is 8.12. The lowest BCUT2D eigenvalue weighted by atomic mass is 9.99. The Morgan fingerprint density at radius 1 is 1.10 bits per heavy atom. The van der Waals surface area contributed by atoms with Gasteiger partial charge in [0.1, 0.15) is 5.75 Å². The maximum Gasteiger partial charge on any atom is 0.321 e. The molecular weight excluding hydrogens is 366 g/mol. The molecule has 3 aliphatic rings. The summed E-state index contributed by atoms with van der Waals surface area (Å²) in [4.78, 5) is 17.1. The predicted octanol–water partition coefficient (Wildman–Crippen LogP) is 3.23. The van der Waals surface area contributed by atoms with Crippen LogP contribution in [0.2, 0.25) is 0 Å². The van der Waals surface area contributed by atoms with Crippen molar-refractivity contribution in [3.8, 4) is 16.9 Å². The van der Waals surface area contributed by atoms with Gasteiger partial charge in [-0.1, -0.05) is 18.2 Å². The number of hydrogen-bond acceptors (Lipinski definition) is 4. The summed E-state index contributed by atoms with van der Waals surface area (Å²) >= 11 is 0. The van der Waals surface area contributed by atoms with Crippen LogP contribution < -0.4 is 10.1 Å². The number of nitrogens with one attached hydrogen (secondary N) is 1. The average molecular weight is 393 g/mol. The number of ether oxygens (including phenoxy) is 2. The van der Waals surface area contributed by atoms with Crippen LogP contribution in [0.3, 0.4) is 0 Å². The highest BCUT2D eigenvalue weighted by Crippen LogP contribution is 2.31. The number of anilines is 1. The Morgan fingerprint density at radius 3 is 2.93 bits per heavy atom. The molecule has 0 saturated carbocycles. The molecule has 6 heteroatoms. The fraction of sp³-hybridized carbons (Fsp3) is 0.435. The Bertz CT molecular complexity index is 916. The van der Waals surface area contributed by atoms with E-state index in [0.717, 1.165) is 61.7 Å². The highest BCUT2D eigenvalue weighted by atomic mass is 16.5. The van der Waals surface area contributed by atoms with E-state index in [9.17, 15) is 4.79 Å². The molecule has 0 aliphatic carbocycles. The molecule has 5 rings (SSSR count). The third kappa shape index (κ3) is 3.70. The highest BCUT2D eigenvalue weighted by molar-refractivity contribution is 5.90. The number of likely N-dealkylation sites (N-methyl/N-ethyl adjacent to an activating group) is 1. The van der Waals surface area contributed by atoms with Crippen molar-refractivity contribution in [3.63, 3.8) is 0 Å². The fourth-order valence-electron chi connectivity index (χ4n) is 4.57. The molecule has 0 aromatic heterocycles. The van der Waals surface area contributed by atoms with Crippen LogP contribution in [0.25, 0.3) is 11.1 Å². The Balaban J connectivity index is 1.28. The molecule has 1 N–H and O–H groups in total. The molecule has 3 heterocycles. The van der Waals surface area contributed by atoms with Crippen molar-refractivity contribution >= 4 is 11.7 Å². The highest BCUT2D eigenvalue weighted by Gasteiger charge is 2.36. The Hall–Kier alpha value is -2.57. The second-order valence-electron chi connectivity index (χ2n) is 8.12. The van der Waals surface area contributed by atoms with E-state index in [-0.39, 0.29) is 18.2 Å². The van der Waals surface area contributed by atoms with E-state index < -0.39 is 0 Å². The van der Waals surface area contributed by atoms with Crippen molar-refractivity contribution in [2.45, 2.75) is 25.0 Å². The van der Waals surface area contributed by atoms with Crippen molar-refractivity contribution < 1.29 is 14.3 Å². The number of morpholine rings is 1. The number of hydrogen-bond donors (Lipinski definition) is 1. The zero-order chi connectivity index (χ0) is 19.8. The molecule has 0 bridgehead atoms. The van der Waals surface area contributed by atoms with Gasteiger partial charge in [-0.15, -0.1) is 0 Å². The van der Waals surface area contributed by atoms with E-state index in [2.05, 4.69) is 35.5 Å². The molecule has 0 radical (unpaired) electrons. The van der Waals surface area contributed by atoms with Crippen molar-refractivity contribution in [2.24, 2.45) is 0 Å². The van der Waals surface area contributed by atoms with Gasteiger partial charge in [0.15, 0.2) is 0 Å². The maximum atomic E-state index is 12.9. The van der Waals surface area contributed by atoms with Crippen LogP contribution >= 0.6 is 0 Å². The molecule has 0 spiro atoms. The first kappa shape index (κ1) is 18.5. The predicted molar refractivity (Wildman–Crippen MR) is 112 cm³/mol. The van der Waals surface area contributed by atoms with Gasteiger partial charge in [-0.2, -0.15) is 0 Å². The first-order chi connectivity index (χ1) is 14.2. The van der Waals surface area contributed by atoms with E-state index in [1.807, 2.05) is 29.2 Å². The van der Waals surface area contributed by atoms with Gasteiger partial charge in [-0.25, -0.2) is 4.79 Å². The van der Waals surface area contributed by atoms with Gasteiger partial charge < -0.3 is 19.7 Å². The molecule has 152 valence electrons. The standard InChI is InChI=1S/C23H27N3O3/c1-25-10-12-29-22-7-9-26(15-20(22)25)23(27)24-19-4-2-3-16(14-19)17-5-6-21-18(13-17)8-11-28-21/h2-6,13-14,20,22H,7-12,15H2,1H3,(H,24,27)/t20-,22-/m0/s1. The average Bonchev–Trinajstić information content (AvgIpc) is 3.22. The number of urea groups is 1. The maximum absolute atomic E-state index is 12.9. The number of piperidine rings is 1. The van der Waals surface area contributed by atoms with Gasteiger partial charge in [-0.05, 0) is 54.4 Å². The molecule has 2 atom stereocenters. The first-order valence-electron chi connectivity index (χ1n) is 10.4. The quantitative estimate of drug-likeness (QED) is 0.851. The second kappa shape index (κ2) is 7.69. The number of carbonyl (C=O) groups excluding carboxylic acids is 1. The topological polar surface area (TPSA) is 54.0 Å². The number of rotatable bonds is 2. The minimum absolute atomic E-state index is 0.0399. The molecule has 2 aromatic carbocycles. The van der Waals surface area contributed by atoms with Crippen LogP contribution in [0.4, 0.5) is 10.5 Å². The van der Waals surface area contributed by atoms with Crippen LogP contribution in [0, 0.1) is 0 Å². The van der Waals surface area contributed by atoms with Crippen molar-refractivity contribution in [1.29, 1.82) is 0 Å². The van der Waals surface area contributed by atoms with Gasteiger partial charge in [0.25, 0.3) is 0 Å². The lowest BCUT2D eigenvalue weighted by Gasteiger charge is -2.45. The van der Waals surface area contributed by atoms with Crippen molar-refractivity contribution in [3.05, 3.63) is 48.0 Å². The minimum atomic E-state index is -0.0399. The van der Waals surface area contributed by atoms with Gasteiger partial charge in [0.05, 0.1) is 25.4 Å². The third-order valence-corrected chi connectivity index (χ3v) is 6.29. The first-order valence-corrected chi connectivity index (χ1v) is 10.4. The Kier molecular flexibility index (Phi) is 4.89. The van der Waals surface area contributed by atoms with Crippen LogP contribution in [0.1, 0.15) is 12.0 Å². The molecule has 2 aromatic rings. The molecule has 29 heavy (non-hydrogen) atoms. The van der Waals surface area contributed by atoms with Gasteiger partial charge in [0, 0.05) is 31.7 Å². The Labute approximate surface area is 171 Å². The van der Waals surface area contributed by atoms with E-state index in [4.69, 9.17) is 9.47 Å². The van der Waals surface area contributed by atoms with E-state index in [1.165, 1.54) is 5.56 Å². The van der Waals surface area contributed by atoms with Crippen LogP contribution in [-0.4, -0.2) is 67.9 Å². The summed E-state index contributed by atoms with van der Waals surface area (Å²) in [5.74, 6) is 0.985. The summed E-state index contributed by atoms with van der Waals surface area (Å²) in [6, 6.07) is 14.6. The number of likely N-dealkylation sites (tertiary alicyclic amines) is 1. The zero-order valence-corrected chi connectivity index (χ0v) is 16.8. The van der Waals surface area contributed by atoms with Crippen LogP contribution in [0.5, 0.6) is 5.75 Å². The van der Waals surface area contributed by atoms with Crippen molar-refractivity contribution in [2.75, 3.05) is 45.2 Å². The summed E-state index contributed by atoms with van der Waals surface area (Å²) in [5, 5.41) is 3.09. The molecule has 2 fully saturated rings. The number of benzene rings is 2. The van der Waals surface area contributed by atoms with Crippen LogP contribution in [-0.2, 0) is 11.2 Å². The lowest BCUT2D eigenvalue weighted by Crippen LogP contribution is -2.60. The largest absolute Gasteiger partial charge is 0.493 e. The van der Waals surface area contributed by atoms with E-state index in [1.54, 1.807) is 0 Å². The molecule has 6 nitrogen and oxygen atoms in total. The van der Waals surface area contributed by atoms with Gasteiger partial charge >= 0.3 is 6.03 Å². The van der Waals surface area contributed by atoms with E-state index >= 15 is 0 Å². The molecule has 2 saturated heterocycles. The number of carbonyl (C=O) groups is 1. The van der Waals surface area contributed by atoms with Crippen molar-refractivity contribution in [1.82, 2.24) is 9.80 Å². The number of nitrogens with zero attached hydrogens (tertiary/aromatic N) is 2. The summed E-state index contributed by atoms with van der Waals surface area (Å²) < 4.78 is 11.5. The molecule has 2 amide bonds. The Morgan fingerprint density at radius 2 is 2.00 bits per heavy atom. The summed E-state index contributed by atoms with van der Waals surface area (Å²) in [6.07, 6.45) is 2.08. The monoisotopic (exact) mass is 393 g/mol. The minimum Gasteiger partial charge on any atom is -0.493 e. The third-order valence-electron chi connectivity index (χ3n) is 6.29. The molecular formula is C23H27N3O3. The SMILES string of the molecule is CN1CCO[C@H]2CCN(C(=O)Nc3cccc(-c4ccc5c(c4)CCO5)c3)C[C@@H]21. The van der Waals surface area contributed by atoms with Crippen LogP contribution in [0.15, 0.2) is 42.5 Å². The summed E-state index contributed by atoms with van der Waals surface area (Å²) in [6.45, 7) is 3.89. The number of amides is 2. The fourth-order valence-corrected chi connectivity index (χ4v) is 4.57. The normalized spacial score (nSPS) is 23.8. The zero-order valence-electron chi connectivity index (χ0n) is 16.8. The smallest absolute Gasteiger partial charge is 0.321 e. The molecule has 3 aliphatic heterocycles. The van der Waals surface area contributed by atoms with Gasteiger partial charge in [0.2, 0.25) is 0 Å². The lowest BCUT2D eigenvalue weighted by molar-refractivity contribution is -0.0875. The molecule has 0 unspecified atom stereocenters. The van der Waals surface area contributed by atoms with E-state index in [0.29, 0.717) is 6.54 Å². The summed E-state index contributed by atoms with van der Waals surface area (Å²) in [5.41, 5.74) is 4.31. The van der Waals surface area contributed by atoms with Gasteiger partial charge in [-0.3, -0.25) is 4.90 Å². The summed E-state index contributed by atoms with van der Waals surface area (Å²) in [7, 11) is 2.12. The number of fused-ring (bicyclic) bond motifs is 2.